The summed E-state index contributed by atoms with van der Waals surface area (Å²) in [5.74, 6) is 0. The Morgan fingerprint density at radius 2 is 1.88 bits per heavy atom. The van der Waals surface area contributed by atoms with Crippen molar-refractivity contribution in [2.45, 2.75) is 12.8 Å². The van der Waals surface area contributed by atoms with Gasteiger partial charge in [-0.1, -0.05) is 0 Å². The van der Waals surface area contributed by atoms with Crippen LogP contribution < -0.4 is 10.9 Å². The molecule has 0 fully saturated rings. The first-order valence-corrected chi connectivity index (χ1v) is 5.14. The Balaban J connectivity index is 0.000000722. The van der Waals surface area contributed by atoms with Crippen LogP contribution in [-0.2, 0) is 6.42 Å². The summed E-state index contributed by atoms with van der Waals surface area (Å²) in [5.41, 5.74) is 2.70. The number of hydrogen-bond donors (Lipinski definition) is 1. The van der Waals surface area contributed by atoms with Gasteiger partial charge < -0.3 is 9.73 Å². The number of hydrogen-bond acceptors (Lipinski definition) is 3. The average Bonchev–Trinajstić information content (AvgIpc) is 2.29. The highest BCUT2D eigenvalue weighted by molar-refractivity contribution is 5.86. The van der Waals surface area contributed by atoms with Crippen LogP contribution in [0.25, 0.3) is 11.0 Å². The number of rotatable bonds is 0. The summed E-state index contributed by atoms with van der Waals surface area (Å²) >= 11 is 0. The summed E-state index contributed by atoms with van der Waals surface area (Å²) in [6.07, 6.45) is 2.07. The van der Waals surface area contributed by atoms with Gasteiger partial charge in [0.05, 0.1) is 0 Å². The molecule has 0 aliphatic carbocycles. The fourth-order valence-electron chi connectivity index (χ4n) is 2.09. The maximum atomic E-state index is 11.2. The van der Waals surface area contributed by atoms with Gasteiger partial charge in [0.15, 0.2) is 0 Å². The number of aryl methyl sites for hydroxylation is 1. The summed E-state index contributed by atoms with van der Waals surface area (Å²) in [6, 6.07) is 7.31. The van der Waals surface area contributed by atoms with E-state index < -0.39 is 0 Å². The second kappa shape index (κ2) is 5.43. The van der Waals surface area contributed by atoms with Crippen molar-refractivity contribution in [1.82, 2.24) is 0 Å². The summed E-state index contributed by atoms with van der Waals surface area (Å²) < 4.78 is 5.26. The molecule has 0 spiro atoms. The number of nitrogens with one attached hydrogen (secondary N) is 1. The van der Waals surface area contributed by atoms with E-state index in [2.05, 4.69) is 11.4 Å². The van der Waals surface area contributed by atoms with E-state index >= 15 is 0 Å². The van der Waals surface area contributed by atoms with Crippen LogP contribution in [0.15, 0.2) is 33.5 Å². The minimum absolute atomic E-state index is 0. The molecule has 1 aliphatic heterocycles. The van der Waals surface area contributed by atoms with Gasteiger partial charge in [0.1, 0.15) is 5.58 Å². The minimum Gasteiger partial charge on any atom is -0.422 e. The highest BCUT2D eigenvalue weighted by Gasteiger charge is 2.13. The van der Waals surface area contributed by atoms with Crippen LogP contribution in [0, 0.1) is 0 Å². The van der Waals surface area contributed by atoms with E-state index in [9.17, 15) is 4.79 Å². The molecule has 0 unspecified atom stereocenters. The highest BCUT2D eigenvalue weighted by Crippen LogP contribution is 2.28. The van der Waals surface area contributed by atoms with Crippen molar-refractivity contribution >= 4 is 41.5 Å². The molecule has 17 heavy (non-hydrogen) atoms. The van der Waals surface area contributed by atoms with Gasteiger partial charge in [-0.2, -0.15) is 0 Å². The molecule has 0 saturated heterocycles. The van der Waals surface area contributed by atoms with Crippen molar-refractivity contribution in [3.05, 3.63) is 40.2 Å². The molecule has 1 N–H and O–H groups in total. The Kier molecular flexibility index (Phi) is 4.43. The highest BCUT2D eigenvalue weighted by atomic mass is 35.5. The van der Waals surface area contributed by atoms with Crippen molar-refractivity contribution in [3.8, 4) is 0 Å². The van der Waals surface area contributed by atoms with Crippen molar-refractivity contribution < 1.29 is 4.42 Å². The first kappa shape index (κ1) is 13.9. The van der Waals surface area contributed by atoms with E-state index in [0.29, 0.717) is 0 Å². The fourth-order valence-corrected chi connectivity index (χ4v) is 2.09. The Morgan fingerprint density at radius 3 is 2.71 bits per heavy atom. The van der Waals surface area contributed by atoms with E-state index in [1.165, 1.54) is 6.07 Å². The number of benzene rings is 1. The van der Waals surface area contributed by atoms with Crippen LogP contribution in [0.2, 0.25) is 0 Å². The predicted octanol–water partition coefficient (Wildman–Crippen LogP) is 2.99. The summed E-state index contributed by atoms with van der Waals surface area (Å²) in [6.45, 7) is 0.996. The zero-order valence-corrected chi connectivity index (χ0v) is 10.7. The second-order valence-corrected chi connectivity index (χ2v) is 3.79. The summed E-state index contributed by atoms with van der Waals surface area (Å²) in [7, 11) is 0. The summed E-state index contributed by atoms with van der Waals surface area (Å²) in [4.78, 5) is 11.2. The third-order valence-electron chi connectivity index (χ3n) is 2.81. The van der Waals surface area contributed by atoms with E-state index in [1.807, 2.05) is 12.1 Å². The topological polar surface area (TPSA) is 42.2 Å². The molecule has 0 atom stereocenters. The maximum Gasteiger partial charge on any atom is 0.336 e. The molecule has 2 heterocycles. The molecule has 0 saturated carbocycles. The first-order chi connectivity index (χ1) is 7.34. The summed E-state index contributed by atoms with van der Waals surface area (Å²) in [5, 5.41) is 4.31. The van der Waals surface area contributed by atoms with Crippen LogP contribution in [-0.4, -0.2) is 6.54 Å². The van der Waals surface area contributed by atoms with Gasteiger partial charge in [-0.3, -0.25) is 0 Å². The minimum atomic E-state index is -0.276. The van der Waals surface area contributed by atoms with Crippen molar-refractivity contribution in [2.24, 2.45) is 0 Å². The Hall–Kier alpha value is -1.19. The first-order valence-electron chi connectivity index (χ1n) is 5.14. The SMILES string of the molecule is Cl.Cl.O=c1ccc2ccc3c(c2o1)CCCN3. The van der Waals surface area contributed by atoms with E-state index in [-0.39, 0.29) is 30.4 Å². The Labute approximate surface area is 111 Å². The van der Waals surface area contributed by atoms with Crippen LogP contribution in [0.3, 0.4) is 0 Å². The third-order valence-corrected chi connectivity index (χ3v) is 2.81. The van der Waals surface area contributed by atoms with Gasteiger partial charge in [-0.25, -0.2) is 4.79 Å². The van der Waals surface area contributed by atoms with Crippen LogP contribution in [0.4, 0.5) is 5.69 Å². The standard InChI is InChI=1S/C12H11NO2.2ClH/c14-11-6-4-8-3-5-10-9(12(8)15-11)2-1-7-13-10;;/h3-6,13H,1-2,7H2;2*1H. The normalized spacial score (nSPS) is 12.9. The van der Waals surface area contributed by atoms with Gasteiger partial charge in [-0.15, -0.1) is 24.8 Å². The monoisotopic (exact) mass is 273 g/mol. The van der Waals surface area contributed by atoms with Gasteiger partial charge in [-0.05, 0) is 31.0 Å². The molecule has 3 nitrogen and oxygen atoms in total. The quantitative estimate of drug-likeness (QED) is 0.751. The maximum absolute atomic E-state index is 11.2. The van der Waals surface area contributed by atoms with Gasteiger partial charge in [0.2, 0.25) is 0 Å². The van der Waals surface area contributed by atoms with Crippen molar-refractivity contribution in [3.63, 3.8) is 0 Å². The molecule has 0 radical (unpaired) electrons. The predicted molar refractivity (Wildman–Crippen MR) is 73.8 cm³/mol. The van der Waals surface area contributed by atoms with Gasteiger partial charge in [0.25, 0.3) is 0 Å². The van der Waals surface area contributed by atoms with Crippen LogP contribution in [0.1, 0.15) is 12.0 Å². The van der Waals surface area contributed by atoms with E-state index in [0.717, 1.165) is 41.6 Å². The molecule has 3 rings (SSSR count). The Bertz CT molecular complexity index is 580. The molecule has 0 amide bonds. The lowest BCUT2D eigenvalue weighted by atomic mass is 10.0. The lowest BCUT2D eigenvalue weighted by molar-refractivity contribution is 0.555. The number of halogens is 2. The third kappa shape index (κ3) is 2.40. The molecular formula is C12H13Cl2NO2. The lowest BCUT2D eigenvalue weighted by Crippen LogP contribution is -2.12. The van der Waals surface area contributed by atoms with E-state index in [1.54, 1.807) is 0 Å². The number of anilines is 1. The molecule has 5 heteroatoms. The largest absolute Gasteiger partial charge is 0.422 e. The smallest absolute Gasteiger partial charge is 0.336 e. The zero-order chi connectivity index (χ0) is 10.3. The van der Waals surface area contributed by atoms with Crippen molar-refractivity contribution in [2.75, 3.05) is 11.9 Å². The van der Waals surface area contributed by atoms with E-state index in [4.69, 9.17) is 4.42 Å². The molecule has 92 valence electrons. The zero-order valence-electron chi connectivity index (χ0n) is 9.06. The lowest BCUT2D eigenvalue weighted by Gasteiger charge is -2.18. The molecule has 1 aromatic carbocycles. The molecular weight excluding hydrogens is 261 g/mol. The molecule has 1 aliphatic rings. The van der Waals surface area contributed by atoms with Gasteiger partial charge >= 0.3 is 5.63 Å². The average molecular weight is 274 g/mol. The van der Waals surface area contributed by atoms with Crippen LogP contribution in [0.5, 0.6) is 0 Å². The van der Waals surface area contributed by atoms with Crippen molar-refractivity contribution in [1.29, 1.82) is 0 Å². The van der Waals surface area contributed by atoms with Crippen LogP contribution >= 0.6 is 24.8 Å². The second-order valence-electron chi connectivity index (χ2n) is 3.79. The molecule has 2 aromatic rings. The number of fused-ring (bicyclic) bond motifs is 3. The van der Waals surface area contributed by atoms with Gasteiger partial charge in [0, 0.05) is 29.2 Å². The fraction of sp³-hybridized carbons (Fsp3) is 0.250. The Morgan fingerprint density at radius 1 is 1.12 bits per heavy atom. The molecule has 1 aromatic heterocycles. The molecule has 0 bridgehead atoms.